The van der Waals surface area contributed by atoms with Crippen LogP contribution >= 0.6 is 24.0 Å². The highest BCUT2D eigenvalue weighted by atomic mass is 32.2. The van der Waals surface area contributed by atoms with Gasteiger partial charge in [-0.3, -0.25) is 18.9 Å². The van der Waals surface area contributed by atoms with Crippen LogP contribution in [-0.2, 0) is 16.0 Å². The third-order valence-corrected chi connectivity index (χ3v) is 7.61. The molecule has 0 N–H and O–H groups in total. The summed E-state index contributed by atoms with van der Waals surface area (Å²) in [6.07, 6.45) is 4.08. The van der Waals surface area contributed by atoms with E-state index in [1.165, 1.54) is 16.2 Å². The average Bonchev–Trinajstić information content (AvgIpc) is 3.17. The lowest BCUT2D eigenvalue weighted by Crippen LogP contribution is -2.38. The summed E-state index contributed by atoms with van der Waals surface area (Å²) in [6.45, 7) is 4.74. The molecule has 1 amide bonds. The molecule has 0 aliphatic carbocycles. The summed E-state index contributed by atoms with van der Waals surface area (Å²) in [5, 5.41) is 0. The Kier molecular flexibility index (Phi) is 7.08. The lowest BCUT2D eigenvalue weighted by atomic mass is 10.1. The second-order valence-corrected chi connectivity index (χ2v) is 10.3. The van der Waals surface area contributed by atoms with Crippen molar-refractivity contribution in [2.45, 2.75) is 13.3 Å². The Hall–Kier alpha value is -3.21. The fourth-order valence-electron chi connectivity index (χ4n) is 4.25. The first-order chi connectivity index (χ1) is 17.4. The van der Waals surface area contributed by atoms with Crippen LogP contribution in [0, 0.1) is 6.92 Å². The Labute approximate surface area is 218 Å². The van der Waals surface area contributed by atoms with Crippen molar-refractivity contribution in [2.24, 2.45) is 0 Å². The second-order valence-electron chi connectivity index (χ2n) is 8.62. The molecule has 186 valence electrons. The molecule has 0 radical (unpaired) electrons. The molecule has 3 aromatic rings. The van der Waals surface area contributed by atoms with Gasteiger partial charge in [0.05, 0.1) is 30.8 Å². The van der Waals surface area contributed by atoms with E-state index in [-0.39, 0.29) is 11.5 Å². The van der Waals surface area contributed by atoms with E-state index in [0.717, 1.165) is 16.9 Å². The number of amides is 1. The molecule has 36 heavy (non-hydrogen) atoms. The Morgan fingerprint density at radius 1 is 1.14 bits per heavy atom. The summed E-state index contributed by atoms with van der Waals surface area (Å²) in [6, 6.07) is 11.5. The summed E-state index contributed by atoms with van der Waals surface area (Å²) in [5.74, 6) is 1.16. The standard InChI is InChI=1S/C26H26N4O4S2/c1-17-3-8-22-27-23(28-11-13-34-14-12-28)20(24(31)30(22)16-17)15-21-25(32)29(26(35)36-21)10-9-18-4-6-19(33-2)7-5-18/h3-8,15-16H,9-14H2,1-2H3/b21-15-. The number of thioether (sulfide) groups is 1. The van der Waals surface area contributed by atoms with Crippen LogP contribution in [0.4, 0.5) is 5.82 Å². The molecular weight excluding hydrogens is 496 g/mol. The summed E-state index contributed by atoms with van der Waals surface area (Å²) < 4.78 is 12.7. The van der Waals surface area contributed by atoms with E-state index in [0.29, 0.717) is 65.5 Å². The number of thiocarbonyl (C=S) groups is 1. The Morgan fingerprint density at radius 3 is 2.61 bits per heavy atom. The molecule has 0 bridgehead atoms. The molecule has 0 saturated carbocycles. The molecule has 5 rings (SSSR count). The predicted octanol–water partition coefficient (Wildman–Crippen LogP) is 3.29. The number of fused-ring (bicyclic) bond motifs is 1. The van der Waals surface area contributed by atoms with Gasteiger partial charge in [-0.2, -0.15) is 0 Å². The van der Waals surface area contributed by atoms with Crippen LogP contribution in [0.25, 0.3) is 11.7 Å². The van der Waals surface area contributed by atoms with Crippen molar-refractivity contribution in [1.82, 2.24) is 14.3 Å². The van der Waals surface area contributed by atoms with Gasteiger partial charge in [0.2, 0.25) is 0 Å². The molecule has 0 unspecified atom stereocenters. The van der Waals surface area contributed by atoms with Gasteiger partial charge < -0.3 is 14.4 Å². The van der Waals surface area contributed by atoms with Crippen molar-refractivity contribution in [3.8, 4) is 5.75 Å². The Morgan fingerprint density at radius 2 is 1.89 bits per heavy atom. The van der Waals surface area contributed by atoms with Crippen LogP contribution in [0.1, 0.15) is 16.7 Å². The van der Waals surface area contributed by atoms with E-state index < -0.39 is 0 Å². The highest BCUT2D eigenvalue weighted by molar-refractivity contribution is 8.26. The maximum absolute atomic E-state index is 13.6. The molecule has 0 spiro atoms. The first-order valence-corrected chi connectivity index (χ1v) is 12.9. The quantitative estimate of drug-likeness (QED) is 0.361. The number of rotatable bonds is 6. The smallest absolute Gasteiger partial charge is 0.267 e. The molecule has 8 nitrogen and oxygen atoms in total. The first kappa shape index (κ1) is 24.5. The molecular formula is C26H26N4O4S2. The van der Waals surface area contributed by atoms with E-state index in [1.54, 1.807) is 24.3 Å². The maximum Gasteiger partial charge on any atom is 0.267 e. The van der Waals surface area contributed by atoms with Gasteiger partial charge in [0.1, 0.15) is 21.5 Å². The molecule has 2 saturated heterocycles. The number of hydrogen-bond donors (Lipinski definition) is 0. The normalized spacial score (nSPS) is 17.4. The Balaban J connectivity index is 1.47. The van der Waals surface area contributed by atoms with Crippen molar-refractivity contribution in [2.75, 3.05) is 44.9 Å². The van der Waals surface area contributed by atoms with Crippen LogP contribution in [0.2, 0.25) is 0 Å². The summed E-state index contributed by atoms with van der Waals surface area (Å²) in [5.41, 5.74) is 2.76. The second kappa shape index (κ2) is 10.4. The van der Waals surface area contributed by atoms with Crippen LogP contribution in [0.15, 0.2) is 52.3 Å². The summed E-state index contributed by atoms with van der Waals surface area (Å²) in [7, 11) is 1.63. The number of methoxy groups -OCH3 is 1. The molecule has 4 heterocycles. The minimum Gasteiger partial charge on any atom is -0.497 e. The zero-order valence-corrected chi connectivity index (χ0v) is 21.7. The zero-order chi connectivity index (χ0) is 25.2. The number of anilines is 1. The number of carbonyl (C=O) groups excluding carboxylic acids is 1. The molecule has 2 aliphatic rings. The zero-order valence-electron chi connectivity index (χ0n) is 20.1. The number of aromatic nitrogens is 2. The maximum atomic E-state index is 13.6. The fourth-order valence-corrected chi connectivity index (χ4v) is 5.54. The van der Waals surface area contributed by atoms with Gasteiger partial charge in [-0.15, -0.1) is 0 Å². The topological polar surface area (TPSA) is 76.4 Å². The minimum atomic E-state index is -0.214. The molecule has 0 atom stereocenters. The van der Waals surface area contributed by atoms with E-state index in [4.69, 9.17) is 26.7 Å². The molecule has 1 aromatic carbocycles. The highest BCUT2D eigenvalue weighted by Gasteiger charge is 2.33. The van der Waals surface area contributed by atoms with Crippen molar-refractivity contribution in [1.29, 1.82) is 0 Å². The van der Waals surface area contributed by atoms with Crippen molar-refractivity contribution >= 4 is 51.7 Å². The van der Waals surface area contributed by atoms with Gasteiger partial charge in [-0.25, -0.2) is 4.98 Å². The van der Waals surface area contributed by atoms with E-state index in [1.807, 2.05) is 48.2 Å². The average molecular weight is 523 g/mol. The van der Waals surface area contributed by atoms with Crippen LogP contribution in [-0.4, -0.2) is 64.5 Å². The van der Waals surface area contributed by atoms with Crippen LogP contribution in [0.5, 0.6) is 5.75 Å². The third kappa shape index (κ3) is 4.88. The van der Waals surface area contributed by atoms with Gasteiger partial charge in [0, 0.05) is 25.8 Å². The Bertz CT molecular complexity index is 1410. The fraction of sp³-hybridized carbons (Fsp3) is 0.308. The lowest BCUT2D eigenvalue weighted by Gasteiger charge is -2.29. The van der Waals surface area contributed by atoms with Crippen molar-refractivity contribution in [3.05, 3.63) is 74.5 Å². The number of benzene rings is 1. The summed E-state index contributed by atoms with van der Waals surface area (Å²) >= 11 is 6.75. The lowest BCUT2D eigenvalue weighted by molar-refractivity contribution is -0.122. The number of pyridine rings is 1. The van der Waals surface area contributed by atoms with Gasteiger partial charge in [-0.05, 0) is 48.7 Å². The minimum absolute atomic E-state index is 0.194. The highest BCUT2D eigenvalue weighted by Crippen LogP contribution is 2.34. The van der Waals surface area contributed by atoms with Crippen LogP contribution < -0.4 is 15.2 Å². The number of aryl methyl sites for hydroxylation is 1. The molecule has 2 fully saturated rings. The molecule has 2 aliphatic heterocycles. The van der Waals surface area contributed by atoms with E-state index in [2.05, 4.69) is 0 Å². The van der Waals surface area contributed by atoms with Gasteiger partial charge in [-0.1, -0.05) is 42.2 Å². The number of nitrogens with zero attached hydrogens (tertiary/aromatic N) is 4. The number of carbonyl (C=O) groups is 1. The van der Waals surface area contributed by atoms with E-state index in [9.17, 15) is 9.59 Å². The predicted molar refractivity (Wildman–Crippen MR) is 146 cm³/mol. The number of hydrogen-bond acceptors (Lipinski definition) is 8. The first-order valence-electron chi connectivity index (χ1n) is 11.7. The number of ether oxygens (including phenoxy) is 2. The van der Waals surface area contributed by atoms with Crippen molar-refractivity contribution < 1.29 is 14.3 Å². The summed E-state index contributed by atoms with van der Waals surface area (Å²) in [4.78, 5) is 35.8. The van der Waals surface area contributed by atoms with Crippen LogP contribution in [0.3, 0.4) is 0 Å². The SMILES string of the molecule is COc1ccc(CCN2C(=O)/C(=C/c3c(N4CCOCC4)nc4ccc(C)cn4c3=O)SC2=S)cc1. The van der Waals surface area contributed by atoms with Gasteiger partial charge in [0.15, 0.2) is 0 Å². The van der Waals surface area contributed by atoms with E-state index >= 15 is 0 Å². The monoisotopic (exact) mass is 522 g/mol. The van der Waals surface area contributed by atoms with Gasteiger partial charge >= 0.3 is 0 Å². The number of morpholine rings is 1. The van der Waals surface area contributed by atoms with Crippen molar-refractivity contribution in [3.63, 3.8) is 0 Å². The largest absolute Gasteiger partial charge is 0.497 e. The van der Waals surface area contributed by atoms with Gasteiger partial charge in [0.25, 0.3) is 11.5 Å². The molecule has 10 heteroatoms. The molecule has 2 aromatic heterocycles. The third-order valence-electron chi connectivity index (χ3n) is 6.23.